The van der Waals surface area contributed by atoms with Gasteiger partial charge in [0.05, 0.1) is 16.7 Å². The molecule has 0 aliphatic rings. The van der Waals surface area contributed by atoms with Gasteiger partial charge in [-0.25, -0.2) is 13.1 Å². The third-order valence-corrected chi connectivity index (χ3v) is 4.18. The van der Waals surface area contributed by atoms with Gasteiger partial charge >= 0.3 is 0 Å². The molecule has 0 aliphatic heterocycles. The summed E-state index contributed by atoms with van der Waals surface area (Å²) in [5.41, 5.74) is 6.14. The Labute approximate surface area is 108 Å². The molecule has 0 aliphatic carbocycles. The molecule has 0 unspecified atom stereocenters. The Kier molecular flexibility index (Phi) is 4.98. The van der Waals surface area contributed by atoms with Gasteiger partial charge in [-0.1, -0.05) is 13.8 Å². The van der Waals surface area contributed by atoms with Crippen molar-refractivity contribution in [3.05, 3.63) is 18.2 Å². The first-order valence-corrected chi connectivity index (χ1v) is 7.42. The molecule has 1 aromatic carbocycles. The zero-order valence-electron chi connectivity index (χ0n) is 10.9. The van der Waals surface area contributed by atoms with Crippen LogP contribution in [0.25, 0.3) is 0 Å². The van der Waals surface area contributed by atoms with E-state index in [-0.39, 0.29) is 11.0 Å². The number of nitrogens with two attached hydrogens (primary N) is 1. The predicted octanol–water partition coefficient (Wildman–Crippen LogP) is 1.74. The Morgan fingerprint density at radius 2 is 1.94 bits per heavy atom. The van der Waals surface area contributed by atoms with E-state index in [9.17, 15) is 8.42 Å². The fraction of sp³-hybridized carbons (Fsp3) is 0.500. The summed E-state index contributed by atoms with van der Waals surface area (Å²) in [7, 11) is -2.10. The Morgan fingerprint density at radius 3 is 2.39 bits per heavy atom. The van der Waals surface area contributed by atoms with Gasteiger partial charge in [0.2, 0.25) is 10.0 Å². The summed E-state index contributed by atoms with van der Waals surface area (Å²) in [6.45, 7) is 4.06. The number of hydrogen-bond donors (Lipinski definition) is 2. The lowest BCUT2D eigenvalue weighted by Gasteiger charge is -2.17. The lowest BCUT2D eigenvalue weighted by Crippen LogP contribution is -2.19. The van der Waals surface area contributed by atoms with Crippen molar-refractivity contribution >= 4 is 15.7 Å². The summed E-state index contributed by atoms with van der Waals surface area (Å²) in [4.78, 5) is 0.138. The maximum atomic E-state index is 11.6. The highest BCUT2D eigenvalue weighted by Gasteiger charge is 2.14. The fourth-order valence-corrected chi connectivity index (χ4v) is 2.32. The topological polar surface area (TPSA) is 81.4 Å². The quantitative estimate of drug-likeness (QED) is 0.773. The first-order chi connectivity index (χ1) is 8.44. The van der Waals surface area contributed by atoms with E-state index in [1.807, 2.05) is 13.8 Å². The van der Waals surface area contributed by atoms with Gasteiger partial charge in [0.25, 0.3) is 0 Å². The average molecular weight is 272 g/mol. The molecule has 1 rings (SSSR count). The molecule has 5 nitrogen and oxygen atoms in total. The van der Waals surface area contributed by atoms with Gasteiger partial charge in [0.15, 0.2) is 0 Å². The molecule has 102 valence electrons. The van der Waals surface area contributed by atoms with Crippen LogP contribution in [-0.2, 0) is 10.0 Å². The van der Waals surface area contributed by atoms with E-state index in [1.54, 1.807) is 6.07 Å². The van der Waals surface area contributed by atoms with Crippen LogP contribution in [0.3, 0.4) is 0 Å². The van der Waals surface area contributed by atoms with Crippen molar-refractivity contribution in [3.63, 3.8) is 0 Å². The van der Waals surface area contributed by atoms with E-state index in [2.05, 4.69) is 4.72 Å². The molecule has 0 radical (unpaired) electrons. The van der Waals surface area contributed by atoms with E-state index in [4.69, 9.17) is 10.5 Å². The van der Waals surface area contributed by atoms with Crippen molar-refractivity contribution in [1.82, 2.24) is 4.72 Å². The second kappa shape index (κ2) is 6.06. The molecule has 0 saturated carbocycles. The van der Waals surface area contributed by atoms with Gasteiger partial charge in [0.1, 0.15) is 5.75 Å². The van der Waals surface area contributed by atoms with E-state index in [0.29, 0.717) is 11.4 Å². The van der Waals surface area contributed by atoms with Crippen LogP contribution in [0.4, 0.5) is 5.69 Å². The van der Waals surface area contributed by atoms with Crippen molar-refractivity contribution in [2.75, 3.05) is 12.8 Å². The van der Waals surface area contributed by atoms with Gasteiger partial charge in [-0.05, 0) is 38.1 Å². The Balaban J connectivity index is 3.00. The maximum Gasteiger partial charge on any atom is 0.240 e. The van der Waals surface area contributed by atoms with E-state index in [1.165, 1.54) is 19.2 Å². The number of rotatable bonds is 6. The van der Waals surface area contributed by atoms with Crippen LogP contribution in [-0.4, -0.2) is 21.6 Å². The summed E-state index contributed by atoms with van der Waals surface area (Å²) in [5, 5.41) is 0. The summed E-state index contributed by atoms with van der Waals surface area (Å²) < 4.78 is 31.1. The highest BCUT2D eigenvalue weighted by Crippen LogP contribution is 2.26. The third-order valence-electron chi connectivity index (χ3n) is 2.76. The van der Waals surface area contributed by atoms with E-state index in [0.717, 1.165) is 12.8 Å². The SMILES string of the molecule is CCC(CC)Oc1ccc(S(=O)(=O)NC)cc1N. The molecule has 0 amide bonds. The second-order valence-electron chi connectivity index (χ2n) is 3.96. The predicted molar refractivity (Wildman–Crippen MR) is 72.1 cm³/mol. The van der Waals surface area contributed by atoms with E-state index >= 15 is 0 Å². The first-order valence-electron chi connectivity index (χ1n) is 5.94. The van der Waals surface area contributed by atoms with Crippen LogP contribution in [0.2, 0.25) is 0 Å². The van der Waals surface area contributed by atoms with E-state index < -0.39 is 10.0 Å². The fourth-order valence-electron chi connectivity index (χ4n) is 1.55. The van der Waals surface area contributed by atoms with Crippen LogP contribution in [0.15, 0.2) is 23.1 Å². The van der Waals surface area contributed by atoms with Crippen molar-refractivity contribution in [1.29, 1.82) is 0 Å². The van der Waals surface area contributed by atoms with Crippen LogP contribution in [0, 0.1) is 0 Å². The smallest absolute Gasteiger partial charge is 0.240 e. The second-order valence-corrected chi connectivity index (χ2v) is 5.85. The molecule has 0 fully saturated rings. The Morgan fingerprint density at radius 1 is 1.33 bits per heavy atom. The molecule has 0 aromatic heterocycles. The van der Waals surface area contributed by atoms with Crippen molar-refractivity contribution in [2.24, 2.45) is 0 Å². The Hall–Kier alpha value is -1.27. The van der Waals surface area contributed by atoms with Crippen LogP contribution < -0.4 is 15.2 Å². The number of benzene rings is 1. The molecular weight excluding hydrogens is 252 g/mol. The van der Waals surface area contributed by atoms with Crippen molar-refractivity contribution in [2.45, 2.75) is 37.7 Å². The average Bonchev–Trinajstić information content (AvgIpc) is 2.37. The minimum Gasteiger partial charge on any atom is -0.488 e. The number of sulfonamides is 1. The zero-order chi connectivity index (χ0) is 13.8. The highest BCUT2D eigenvalue weighted by atomic mass is 32.2. The molecule has 0 bridgehead atoms. The largest absolute Gasteiger partial charge is 0.488 e. The monoisotopic (exact) mass is 272 g/mol. The molecule has 0 atom stereocenters. The molecule has 0 spiro atoms. The lowest BCUT2D eigenvalue weighted by molar-refractivity contribution is 0.194. The normalized spacial score (nSPS) is 11.8. The van der Waals surface area contributed by atoms with Gasteiger partial charge in [0, 0.05) is 0 Å². The summed E-state index contributed by atoms with van der Waals surface area (Å²) in [5.74, 6) is 0.527. The highest BCUT2D eigenvalue weighted by molar-refractivity contribution is 7.89. The molecule has 18 heavy (non-hydrogen) atoms. The number of nitrogen functional groups attached to an aromatic ring is 1. The van der Waals surface area contributed by atoms with Gasteiger partial charge in [-0.2, -0.15) is 0 Å². The molecule has 0 saturated heterocycles. The van der Waals surface area contributed by atoms with Crippen LogP contribution in [0.5, 0.6) is 5.75 Å². The summed E-state index contributed by atoms with van der Waals surface area (Å²) >= 11 is 0. The van der Waals surface area contributed by atoms with Crippen molar-refractivity contribution < 1.29 is 13.2 Å². The van der Waals surface area contributed by atoms with Crippen molar-refractivity contribution in [3.8, 4) is 5.75 Å². The third kappa shape index (κ3) is 3.36. The molecular formula is C12H20N2O3S. The number of hydrogen-bond acceptors (Lipinski definition) is 4. The Bertz CT molecular complexity index is 496. The number of anilines is 1. The van der Waals surface area contributed by atoms with Crippen LogP contribution in [0.1, 0.15) is 26.7 Å². The summed E-state index contributed by atoms with van der Waals surface area (Å²) in [6.07, 6.45) is 1.86. The maximum absolute atomic E-state index is 11.6. The van der Waals surface area contributed by atoms with Gasteiger partial charge in [-0.3, -0.25) is 0 Å². The molecule has 6 heteroatoms. The lowest BCUT2D eigenvalue weighted by atomic mass is 10.2. The van der Waals surface area contributed by atoms with Gasteiger partial charge < -0.3 is 10.5 Å². The first kappa shape index (κ1) is 14.8. The molecule has 3 N–H and O–H groups in total. The minimum atomic E-state index is -3.46. The van der Waals surface area contributed by atoms with Gasteiger partial charge in [-0.15, -0.1) is 0 Å². The molecule has 1 aromatic rings. The standard InChI is InChI=1S/C12H20N2O3S/c1-4-9(5-2)17-12-7-6-10(8-11(12)13)18(15,16)14-3/h6-9,14H,4-5,13H2,1-3H3. The minimum absolute atomic E-state index is 0.0963. The summed E-state index contributed by atoms with van der Waals surface area (Å²) in [6, 6.07) is 4.49. The van der Waals surface area contributed by atoms with Crippen LogP contribution >= 0.6 is 0 Å². The number of ether oxygens (including phenoxy) is 1. The molecule has 0 heterocycles. The zero-order valence-corrected chi connectivity index (χ0v) is 11.8. The number of nitrogens with one attached hydrogen (secondary N) is 1.